The van der Waals surface area contributed by atoms with Crippen molar-refractivity contribution in [2.24, 2.45) is 50.2 Å². The highest BCUT2D eigenvalue weighted by atomic mass is 16.7. The van der Waals surface area contributed by atoms with E-state index in [4.69, 9.17) is 14.2 Å². The predicted molar refractivity (Wildman–Crippen MR) is 174 cm³/mol. The maximum Gasteiger partial charge on any atom is 0.163 e. The summed E-state index contributed by atoms with van der Waals surface area (Å²) in [5, 5.41) is 0. The second-order valence-corrected chi connectivity index (χ2v) is 18.6. The van der Waals surface area contributed by atoms with Crippen LogP contribution < -0.4 is 0 Å². The summed E-state index contributed by atoms with van der Waals surface area (Å²) in [5.41, 5.74) is 4.61. The number of hydrogen-bond acceptors (Lipinski definition) is 3. The highest BCUT2D eigenvalue weighted by Crippen LogP contribution is 2.76. The van der Waals surface area contributed by atoms with Gasteiger partial charge >= 0.3 is 0 Å². The molecule has 0 amide bonds. The number of fused-ring (bicyclic) bond motifs is 9. The van der Waals surface area contributed by atoms with E-state index in [9.17, 15) is 0 Å². The van der Waals surface area contributed by atoms with Crippen LogP contribution in [0.3, 0.4) is 0 Å². The van der Waals surface area contributed by atoms with Gasteiger partial charge in [0.1, 0.15) is 0 Å². The van der Waals surface area contributed by atoms with E-state index in [1.807, 2.05) is 5.57 Å². The average molecular weight is 589 g/mol. The lowest BCUT2D eigenvalue weighted by molar-refractivity contribution is -0.351. The van der Waals surface area contributed by atoms with Crippen LogP contribution in [0.1, 0.15) is 126 Å². The van der Waals surface area contributed by atoms with Crippen molar-refractivity contribution in [2.75, 3.05) is 6.61 Å². The number of benzene rings is 1. The van der Waals surface area contributed by atoms with E-state index in [0.29, 0.717) is 40.8 Å². The minimum atomic E-state index is -0.456. The van der Waals surface area contributed by atoms with Crippen molar-refractivity contribution >= 4 is 0 Å². The number of allylic oxidation sites excluding steroid dienone is 2. The Morgan fingerprint density at radius 3 is 2.26 bits per heavy atom. The van der Waals surface area contributed by atoms with Gasteiger partial charge in [0.15, 0.2) is 5.79 Å². The van der Waals surface area contributed by atoms with E-state index >= 15 is 0 Å². The molecule has 238 valence electrons. The Kier molecular flexibility index (Phi) is 6.86. The van der Waals surface area contributed by atoms with Crippen molar-refractivity contribution in [1.82, 2.24) is 0 Å². The standard InChI is InChI=1S/C40H60O3/c1-34(2)23-29-28-15-16-31-37(6)19-18-32-38(7,26-42-35(3,4)43-32)30(37)17-20-40(31,9)39(28,8)22-21-36(29,5)33(24-34)41-25-27-13-11-10-12-14-27/h10-15,29-33H,16-26H2,1-9H3/t29-,30?,31-,32?,33-,36-,37+,38?,39-,40-/m1/s1. The molecule has 4 saturated carbocycles. The smallest absolute Gasteiger partial charge is 0.163 e. The van der Waals surface area contributed by atoms with Gasteiger partial charge in [-0.25, -0.2) is 0 Å². The zero-order valence-electron chi connectivity index (χ0n) is 28.9. The molecule has 3 unspecified atom stereocenters. The summed E-state index contributed by atoms with van der Waals surface area (Å²) >= 11 is 0. The molecule has 0 radical (unpaired) electrons. The third kappa shape index (κ3) is 4.36. The molecule has 7 rings (SSSR count). The van der Waals surface area contributed by atoms with Crippen molar-refractivity contribution in [2.45, 2.75) is 145 Å². The third-order valence-corrected chi connectivity index (χ3v) is 15.3. The molecule has 1 aromatic rings. The van der Waals surface area contributed by atoms with Crippen LogP contribution in [0.4, 0.5) is 0 Å². The largest absolute Gasteiger partial charge is 0.373 e. The van der Waals surface area contributed by atoms with Crippen LogP contribution in [0.2, 0.25) is 0 Å². The molecule has 1 aliphatic heterocycles. The molecular weight excluding hydrogens is 528 g/mol. The second-order valence-electron chi connectivity index (χ2n) is 18.6. The fourth-order valence-electron chi connectivity index (χ4n) is 12.6. The first-order chi connectivity index (χ1) is 20.1. The molecular formula is C40H60O3. The molecule has 0 spiro atoms. The molecule has 3 nitrogen and oxygen atoms in total. The first-order valence-corrected chi connectivity index (χ1v) is 17.7. The summed E-state index contributed by atoms with van der Waals surface area (Å²) in [6.07, 6.45) is 14.8. The summed E-state index contributed by atoms with van der Waals surface area (Å²) < 4.78 is 20.0. The number of ether oxygens (including phenoxy) is 3. The summed E-state index contributed by atoms with van der Waals surface area (Å²) in [6, 6.07) is 10.8. The SMILES string of the molecule is CC1(C)C[C@@H]2C3=CC[C@@H]4[C@@]5(C)CCC6OC(C)(C)OCC6(C)C5CC[C@@]4(C)[C@]3(C)CC[C@@]2(C)[C@H](OCc2ccccc2)C1. The Hall–Kier alpha value is -1.16. The molecule has 1 saturated heterocycles. The van der Waals surface area contributed by atoms with Crippen molar-refractivity contribution in [3.05, 3.63) is 47.5 Å². The van der Waals surface area contributed by atoms with Crippen LogP contribution in [-0.2, 0) is 20.8 Å². The van der Waals surface area contributed by atoms with Gasteiger partial charge in [0.05, 0.1) is 25.4 Å². The molecule has 5 aliphatic carbocycles. The minimum Gasteiger partial charge on any atom is -0.373 e. The van der Waals surface area contributed by atoms with Gasteiger partial charge in [-0.15, -0.1) is 0 Å². The molecule has 10 atom stereocenters. The first kappa shape index (κ1) is 30.5. The fraction of sp³-hybridized carbons (Fsp3) is 0.800. The quantitative estimate of drug-likeness (QED) is 0.329. The Morgan fingerprint density at radius 2 is 1.51 bits per heavy atom. The highest BCUT2D eigenvalue weighted by Gasteiger charge is 2.70. The van der Waals surface area contributed by atoms with Crippen LogP contribution in [0.25, 0.3) is 0 Å². The maximum absolute atomic E-state index is 6.93. The zero-order valence-corrected chi connectivity index (χ0v) is 28.9. The van der Waals surface area contributed by atoms with Crippen LogP contribution in [0.5, 0.6) is 0 Å². The molecule has 43 heavy (non-hydrogen) atoms. The molecule has 0 aromatic heterocycles. The maximum atomic E-state index is 6.93. The van der Waals surface area contributed by atoms with Crippen LogP contribution in [-0.4, -0.2) is 24.6 Å². The zero-order chi connectivity index (χ0) is 30.7. The topological polar surface area (TPSA) is 27.7 Å². The minimum absolute atomic E-state index is 0.108. The Morgan fingerprint density at radius 1 is 0.767 bits per heavy atom. The van der Waals surface area contributed by atoms with Crippen molar-refractivity contribution in [3.8, 4) is 0 Å². The van der Waals surface area contributed by atoms with Gasteiger partial charge in [-0.2, -0.15) is 0 Å². The van der Waals surface area contributed by atoms with E-state index in [1.54, 1.807) is 0 Å². The first-order valence-electron chi connectivity index (χ1n) is 17.7. The van der Waals surface area contributed by atoms with Crippen molar-refractivity contribution < 1.29 is 14.2 Å². The third-order valence-electron chi connectivity index (χ3n) is 15.3. The summed E-state index contributed by atoms with van der Waals surface area (Å²) in [5.74, 6) is 1.52. The molecule has 0 N–H and O–H groups in total. The Labute approximate surface area is 262 Å². The van der Waals surface area contributed by atoms with Crippen LogP contribution >= 0.6 is 0 Å². The van der Waals surface area contributed by atoms with Gasteiger partial charge < -0.3 is 14.2 Å². The molecule has 1 heterocycles. The monoisotopic (exact) mass is 588 g/mol. The van der Waals surface area contributed by atoms with Gasteiger partial charge in [-0.05, 0) is 117 Å². The van der Waals surface area contributed by atoms with Crippen LogP contribution in [0.15, 0.2) is 42.0 Å². The Balaban J connectivity index is 1.21. The van der Waals surface area contributed by atoms with Gasteiger partial charge in [-0.1, -0.05) is 90.4 Å². The average Bonchev–Trinajstić information content (AvgIpc) is 2.94. The molecule has 0 bridgehead atoms. The summed E-state index contributed by atoms with van der Waals surface area (Å²) in [6.45, 7) is 24.0. The normalized spacial score (nSPS) is 49.8. The van der Waals surface area contributed by atoms with Gasteiger partial charge in [0.25, 0.3) is 0 Å². The number of rotatable bonds is 3. The molecule has 6 aliphatic rings. The van der Waals surface area contributed by atoms with E-state index in [0.717, 1.165) is 19.6 Å². The highest BCUT2D eigenvalue weighted by molar-refractivity contribution is 5.34. The van der Waals surface area contributed by atoms with E-state index in [1.165, 1.54) is 56.9 Å². The van der Waals surface area contributed by atoms with E-state index in [-0.39, 0.29) is 21.7 Å². The van der Waals surface area contributed by atoms with E-state index < -0.39 is 5.79 Å². The second kappa shape index (κ2) is 9.68. The van der Waals surface area contributed by atoms with Crippen LogP contribution in [0, 0.1) is 50.2 Å². The van der Waals surface area contributed by atoms with Crippen molar-refractivity contribution in [1.29, 1.82) is 0 Å². The summed E-state index contributed by atoms with van der Waals surface area (Å²) in [4.78, 5) is 0. The Bertz CT molecular complexity index is 1270. The summed E-state index contributed by atoms with van der Waals surface area (Å²) in [7, 11) is 0. The lowest BCUT2D eigenvalue weighted by Crippen LogP contribution is -2.68. The molecule has 5 fully saturated rings. The lowest BCUT2D eigenvalue weighted by Gasteiger charge is -2.72. The van der Waals surface area contributed by atoms with E-state index in [2.05, 4.69) is 98.7 Å². The number of hydrogen-bond donors (Lipinski definition) is 0. The predicted octanol–water partition coefficient (Wildman–Crippen LogP) is 10.1. The molecule has 1 aromatic carbocycles. The lowest BCUT2D eigenvalue weighted by atomic mass is 9.33. The van der Waals surface area contributed by atoms with Crippen molar-refractivity contribution in [3.63, 3.8) is 0 Å². The van der Waals surface area contributed by atoms with Gasteiger partial charge in [0.2, 0.25) is 0 Å². The fourth-order valence-corrected chi connectivity index (χ4v) is 12.6. The molecule has 3 heteroatoms. The van der Waals surface area contributed by atoms with Gasteiger partial charge in [-0.3, -0.25) is 0 Å². The van der Waals surface area contributed by atoms with Gasteiger partial charge in [0, 0.05) is 10.8 Å².